The quantitative estimate of drug-likeness (QED) is 0.547. The Morgan fingerprint density at radius 3 is 2.03 bits per heavy atom. The molecule has 1 aliphatic carbocycles. The molecule has 1 N–H and O–H groups in total. The van der Waals surface area contributed by atoms with Crippen molar-refractivity contribution in [2.75, 3.05) is 44.2 Å². The summed E-state index contributed by atoms with van der Waals surface area (Å²) in [7, 11) is 0. The number of hydrogen-bond donors (Lipinski definition) is 1. The fourth-order valence-electron chi connectivity index (χ4n) is 6.19. The van der Waals surface area contributed by atoms with Gasteiger partial charge in [-0.05, 0) is 49.9 Å². The summed E-state index contributed by atoms with van der Waals surface area (Å²) in [5.74, 6) is 0.0212. The highest BCUT2D eigenvalue weighted by molar-refractivity contribution is 6.33. The number of nitrogens with zero attached hydrogens (tertiary/aromatic N) is 3. The average molecular weight is 523 g/mol. The summed E-state index contributed by atoms with van der Waals surface area (Å²) in [5.41, 5.74) is 2.32. The minimum Gasteiger partial charge on any atom is -0.371 e. The summed E-state index contributed by atoms with van der Waals surface area (Å²) in [6.07, 6.45) is 9.72. The van der Waals surface area contributed by atoms with Gasteiger partial charge in [0, 0.05) is 57.0 Å². The van der Waals surface area contributed by atoms with Crippen molar-refractivity contribution in [3.8, 4) is 0 Å². The van der Waals surface area contributed by atoms with E-state index in [0.717, 1.165) is 63.4 Å². The van der Waals surface area contributed by atoms with Crippen LogP contribution < -0.4 is 10.2 Å². The van der Waals surface area contributed by atoms with Gasteiger partial charge in [0.05, 0.1) is 16.1 Å². The van der Waals surface area contributed by atoms with Gasteiger partial charge in [0.1, 0.15) is 0 Å². The molecule has 5 rings (SSSR count). The van der Waals surface area contributed by atoms with Crippen LogP contribution in [0.1, 0.15) is 72.1 Å². The van der Waals surface area contributed by atoms with Gasteiger partial charge in [-0.2, -0.15) is 0 Å². The molecule has 2 heterocycles. The predicted molar refractivity (Wildman–Crippen MR) is 150 cm³/mol. The van der Waals surface area contributed by atoms with Crippen molar-refractivity contribution in [2.24, 2.45) is 0 Å². The van der Waals surface area contributed by atoms with E-state index in [4.69, 9.17) is 11.6 Å². The fraction of sp³-hybridized carbons (Fsp3) is 0.533. The van der Waals surface area contributed by atoms with Gasteiger partial charge in [-0.15, -0.1) is 0 Å². The van der Waals surface area contributed by atoms with E-state index in [1.165, 1.54) is 38.5 Å². The first-order chi connectivity index (χ1) is 18.1. The highest BCUT2D eigenvalue weighted by atomic mass is 35.5. The summed E-state index contributed by atoms with van der Waals surface area (Å²) in [6, 6.07) is 16.0. The van der Waals surface area contributed by atoms with Gasteiger partial charge in [0.25, 0.3) is 11.8 Å². The summed E-state index contributed by atoms with van der Waals surface area (Å²) < 4.78 is 0. The second-order valence-electron chi connectivity index (χ2n) is 10.7. The molecule has 0 atom stereocenters. The van der Waals surface area contributed by atoms with Crippen molar-refractivity contribution >= 4 is 29.1 Å². The molecule has 0 radical (unpaired) electrons. The number of hydrogen-bond acceptors (Lipinski definition) is 4. The first-order valence-corrected chi connectivity index (χ1v) is 14.4. The van der Waals surface area contributed by atoms with E-state index < -0.39 is 0 Å². The fourth-order valence-corrected chi connectivity index (χ4v) is 6.41. The Balaban J connectivity index is 1.16. The molecule has 3 aliphatic rings. The van der Waals surface area contributed by atoms with Crippen molar-refractivity contribution in [3.05, 3.63) is 64.7 Å². The molecule has 1 saturated carbocycles. The number of carbonyl (C=O) groups excluding carboxylic acids is 2. The maximum absolute atomic E-state index is 13.6. The van der Waals surface area contributed by atoms with Gasteiger partial charge in [0.2, 0.25) is 0 Å². The molecule has 2 aromatic carbocycles. The second-order valence-corrected chi connectivity index (χ2v) is 11.1. The van der Waals surface area contributed by atoms with Gasteiger partial charge >= 0.3 is 0 Å². The Kier molecular flexibility index (Phi) is 8.67. The summed E-state index contributed by atoms with van der Waals surface area (Å²) in [6.45, 7) is 5.17. The molecule has 0 aromatic heterocycles. The smallest absolute Gasteiger partial charge is 0.256 e. The molecule has 3 fully saturated rings. The molecule has 0 spiro atoms. The minimum atomic E-state index is -0.123. The summed E-state index contributed by atoms with van der Waals surface area (Å²) in [4.78, 5) is 33.3. The first-order valence-electron chi connectivity index (χ1n) is 14.0. The van der Waals surface area contributed by atoms with E-state index in [0.29, 0.717) is 16.6 Å². The maximum atomic E-state index is 13.6. The number of halogens is 1. The lowest BCUT2D eigenvalue weighted by atomic mass is 10.0. The van der Waals surface area contributed by atoms with Crippen LogP contribution in [0.25, 0.3) is 0 Å². The number of benzene rings is 2. The van der Waals surface area contributed by atoms with Gasteiger partial charge in [-0.1, -0.05) is 61.5 Å². The van der Waals surface area contributed by atoms with Crippen molar-refractivity contribution in [1.82, 2.24) is 15.1 Å². The van der Waals surface area contributed by atoms with Crippen molar-refractivity contribution in [2.45, 2.75) is 63.5 Å². The Morgan fingerprint density at radius 2 is 1.35 bits per heavy atom. The Hall–Kier alpha value is -2.57. The number of nitrogens with one attached hydrogen (secondary N) is 1. The van der Waals surface area contributed by atoms with Gasteiger partial charge in [-0.25, -0.2) is 0 Å². The third-order valence-electron chi connectivity index (χ3n) is 8.37. The van der Waals surface area contributed by atoms with Crippen molar-refractivity contribution < 1.29 is 9.59 Å². The molecular formula is C30H39ClN4O2. The van der Waals surface area contributed by atoms with Crippen LogP contribution in [-0.2, 0) is 0 Å². The minimum absolute atomic E-state index is 0.0972. The molecule has 37 heavy (non-hydrogen) atoms. The number of anilines is 1. The van der Waals surface area contributed by atoms with Gasteiger partial charge in [0.15, 0.2) is 0 Å². The number of rotatable bonds is 5. The second kappa shape index (κ2) is 12.3. The van der Waals surface area contributed by atoms with E-state index in [2.05, 4.69) is 21.2 Å². The number of para-hydroxylation sites is 1. The zero-order valence-electron chi connectivity index (χ0n) is 21.7. The first kappa shape index (κ1) is 26.1. The van der Waals surface area contributed by atoms with E-state index >= 15 is 0 Å². The maximum Gasteiger partial charge on any atom is 0.256 e. The molecule has 0 bridgehead atoms. The van der Waals surface area contributed by atoms with Gasteiger partial charge < -0.3 is 15.1 Å². The van der Waals surface area contributed by atoms with E-state index in [9.17, 15) is 9.59 Å². The van der Waals surface area contributed by atoms with Crippen LogP contribution in [0, 0.1) is 0 Å². The lowest BCUT2D eigenvalue weighted by Gasteiger charge is -2.40. The van der Waals surface area contributed by atoms with Crippen LogP contribution in [0.5, 0.6) is 0 Å². The normalized spacial score (nSPS) is 20.5. The van der Waals surface area contributed by atoms with Crippen LogP contribution in [-0.4, -0.2) is 73.0 Å². The molecular weight excluding hydrogens is 484 g/mol. The summed E-state index contributed by atoms with van der Waals surface area (Å²) >= 11 is 6.20. The van der Waals surface area contributed by atoms with Crippen LogP contribution >= 0.6 is 11.6 Å². The highest BCUT2D eigenvalue weighted by Gasteiger charge is 2.30. The standard InChI is InChI=1S/C30H39ClN4O2/c31-27-13-7-5-11-25(27)29(36)32-23-15-17-34(18-16-23)28-14-8-6-12-26(28)30(37)35-21-19-33(20-22-35)24-9-3-1-2-4-10-24/h5-8,11-14,23-24H,1-4,9-10,15-22H2,(H,32,36). The molecule has 2 aliphatic heterocycles. The monoisotopic (exact) mass is 522 g/mol. The average Bonchev–Trinajstić information content (AvgIpc) is 3.23. The third kappa shape index (κ3) is 6.29. The molecule has 2 saturated heterocycles. The topological polar surface area (TPSA) is 55.9 Å². The van der Waals surface area contributed by atoms with E-state index in [-0.39, 0.29) is 17.9 Å². The Morgan fingerprint density at radius 1 is 0.730 bits per heavy atom. The molecule has 6 nitrogen and oxygen atoms in total. The summed E-state index contributed by atoms with van der Waals surface area (Å²) in [5, 5.41) is 3.61. The Labute approximate surface area is 225 Å². The van der Waals surface area contributed by atoms with Crippen molar-refractivity contribution in [3.63, 3.8) is 0 Å². The van der Waals surface area contributed by atoms with Gasteiger partial charge in [-0.3, -0.25) is 14.5 Å². The predicted octanol–water partition coefficient (Wildman–Crippen LogP) is 5.22. The number of carbonyl (C=O) groups is 2. The number of piperazine rings is 1. The molecule has 7 heteroatoms. The van der Waals surface area contributed by atoms with Crippen LogP contribution in [0.4, 0.5) is 5.69 Å². The SMILES string of the molecule is O=C(NC1CCN(c2ccccc2C(=O)N2CCN(C3CCCCCC3)CC2)CC1)c1ccccc1Cl. The zero-order valence-corrected chi connectivity index (χ0v) is 22.5. The third-order valence-corrected chi connectivity index (χ3v) is 8.70. The molecule has 0 unspecified atom stereocenters. The molecule has 2 amide bonds. The van der Waals surface area contributed by atoms with E-state index in [1.807, 2.05) is 35.2 Å². The number of amides is 2. The molecule has 2 aromatic rings. The van der Waals surface area contributed by atoms with Crippen molar-refractivity contribution in [1.29, 1.82) is 0 Å². The highest BCUT2D eigenvalue weighted by Crippen LogP contribution is 2.27. The molecule has 198 valence electrons. The van der Waals surface area contributed by atoms with Crippen LogP contribution in [0.3, 0.4) is 0 Å². The zero-order chi connectivity index (χ0) is 25.6. The van der Waals surface area contributed by atoms with Crippen LogP contribution in [0.2, 0.25) is 5.02 Å². The lowest BCUT2D eigenvalue weighted by molar-refractivity contribution is 0.0552. The number of piperidine rings is 1. The lowest BCUT2D eigenvalue weighted by Crippen LogP contribution is -2.52. The largest absolute Gasteiger partial charge is 0.371 e. The Bertz CT molecular complexity index is 1070. The van der Waals surface area contributed by atoms with E-state index in [1.54, 1.807) is 12.1 Å². The van der Waals surface area contributed by atoms with Crippen LogP contribution in [0.15, 0.2) is 48.5 Å².